The summed E-state index contributed by atoms with van der Waals surface area (Å²) in [5, 5.41) is 2.39. The van der Waals surface area contributed by atoms with Gasteiger partial charge in [-0.25, -0.2) is 0 Å². The fraction of sp³-hybridized carbons (Fsp3) is 0.133. The first kappa shape index (κ1) is 17.0. The Labute approximate surface area is 134 Å². The molecule has 1 N–H and O–H groups in total. The van der Waals surface area contributed by atoms with Gasteiger partial charge < -0.3 is 14.8 Å². The second kappa shape index (κ2) is 6.78. The molecule has 0 saturated heterocycles. The van der Waals surface area contributed by atoms with Crippen molar-refractivity contribution in [2.75, 3.05) is 12.4 Å². The third kappa shape index (κ3) is 4.79. The Balaban J connectivity index is 2.26. The van der Waals surface area contributed by atoms with Crippen LogP contribution in [0.25, 0.3) is 0 Å². The van der Waals surface area contributed by atoms with E-state index < -0.39 is 18.0 Å². The summed E-state index contributed by atoms with van der Waals surface area (Å²) in [7, 11) is 1.44. The van der Waals surface area contributed by atoms with E-state index in [2.05, 4.69) is 10.1 Å². The Bertz CT molecular complexity index is 719. The highest BCUT2D eigenvalue weighted by atomic mass is 35.5. The first-order valence-corrected chi connectivity index (χ1v) is 6.67. The quantitative estimate of drug-likeness (QED) is 0.887. The van der Waals surface area contributed by atoms with Gasteiger partial charge in [-0.3, -0.25) is 4.79 Å². The first-order valence-electron chi connectivity index (χ1n) is 6.29. The van der Waals surface area contributed by atoms with Crippen LogP contribution in [0.5, 0.6) is 11.5 Å². The molecule has 0 aliphatic heterocycles. The largest absolute Gasteiger partial charge is 0.573 e. The molecule has 0 spiro atoms. The van der Waals surface area contributed by atoms with Crippen LogP contribution >= 0.6 is 11.6 Å². The van der Waals surface area contributed by atoms with Crippen molar-refractivity contribution in [3.63, 3.8) is 0 Å². The minimum Gasteiger partial charge on any atom is -0.497 e. The molecular formula is C15H11ClF3NO3. The summed E-state index contributed by atoms with van der Waals surface area (Å²) in [5.41, 5.74) is 0.0665. The van der Waals surface area contributed by atoms with Crippen molar-refractivity contribution in [1.82, 2.24) is 0 Å². The maximum atomic E-state index is 12.4. The van der Waals surface area contributed by atoms with Crippen molar-refractivity contribution in [3.8, 4) is 11.5 Å². The number of carbonyl (C=O) groups is 1. The van der Waals surface area contributed by atoms with Gasteiger partial charge in [0.15, 0.2) is 5.75 Å². The number of benzene rings is 2. The minimum atomic E-state index is -4.90. The van der Waals surface area contributed by atoms with Crippen molar-refractivity contribution < 1.29 is 27.4 Å². The normalized spacial score (nSPS) is 11.0. The zero-order valence-corrected chi connectivity index (χ0v) is 12.5. The van der Waals surface area contributed by atoms with Crippen LogP contribution in [0.15, 0.2) is 42.5 Å². The lowest BCUT2D eigenvalue weighted by molar-refractivity contribution is -0.274. The van der Waals surface area contributed by atoms with Gasteiger partial charge in [0.25, 0.3) is 5.91 Å². The second-order valence-corrected chi connectivity index (χ2v) is 4.81. The van der Waals surface area contributed by atoms with E-state index >= 15 is 0 Å². The summed E-state index contributed by atoms with van der Waals surface area (Å²) in [6.45, 7) is 0. The average Bonchev–Trinajstić information content (AvgIpc) is 2.48. The molecule has 2 aromatic rings. The summed E-state index contributed by atoms with van der Waals surface area (Å²) in [6.07, 6.45) is -4.90. The predicted octanol–water partition coefficient (Wildman–Crippen LogP) is 4.50. The highest BCUT2D eigenvalue weighted by molar-refractivity contribution is 6.30. The highest BCUT2D eigenvalue weighted by Crippen LogP contribution is 2.33. The topological polar surface area (TPSA) is 47.6 Å². The smallest absolute Gasteiger partial charge is 0.497 e. The van der Waals surface area contributed by atoms with E-state index in [0.29, 0.717) is 5.75 Å². The van der Waals surface area contributed by atoms with Gasteiger partial charge in [-0.2, -0.15) is 0 Å². The van der Waals surface area contributed by atoms with Gasteiger partial charge in [-0.15, -0.1) is 13.2 Å². The fourth-order valence-electron chi connectivity index (χ4n) is 1.77. The van der Waals surface area contributed by atoms with Crippen molar-refractivity contribution >= 4 is 23.2 Å². The summed E-state index contributed by atoms with van der Waals surface area (Å²) in [5.74, 6) is -0.764. The molecule has 2 aromatic carbocycles. The lowest BCUT2D eigenvalue weighted by Gasteiger charge is -2.14. The molecule has 0 bridgehead atoms. The van der Waals surface area contributed by atoms with Crippen LogP contribution in [0.4, 0.5) is 18.9 Å². The van der Waals surface area contributed by atoms with E-state index in [9.17, 15) is 18.0 Å². The molecule has 0 radical (unpaired) electrons. The van der Waals surface area contributed by atoms with Crippen molar-refractivity contribution in [2.24, 2.45) is 0 Å². The van der Waals surface area contributed by atoms with Crippen LogP contribution in [-0.4, -0.2) is 19.4 Å². The molecule has 23 heavy (non-hydrogen) atoms. The summed E-state index contributed by atoms with van der Waals surface area (Å²) >= 11 is 5.66. The maximum absolute atomic E-state index is 12.4. The van der Waals surface area contributed by atoms with Crippen LogP contribution in [-0.2, 0) is 0 Å². The predicted molar refractivity (Wildman–Crippen MR) is 79.1 cm³/mol. The molecule has 0 aromatic heterocycles. The first-order chi connectivity index (χ1) is 10.8. The number of amides is 1. The van der Waals surface area contributed by atoms with E-state index in [1.807, 2.05) is 0 Å². The highest BCUT2D eigenvalue weighted by Gasteiger charge is 2.32. The zero-order chi connectivity index (χ0) is 17.0. The Morgan fingerprint density at radius 1 is 1.17 bits per heavy atom. The number of methoxy groups -OCH3 is 1. The Kier molecular flexibility index (Phi) is 5.00. The number of hydrogen-bond donors (Lipinski definition) is 1. The standard InChI is InChI=1S/C15H11ClF3NO3/c1-22-11-4-2-3-9(7-11)14(21)20-12-6-5-10(16)8-13(12)23-15(17,18)19/h2-8H,1H3,(H,20,21). The molecule has 0 fully saturated rings. The van der Waals surface area contributed by atoms with Gasteiger partial charge in [-0.05, 0) is 30.3 Å². The molecule has 0 unspecified atom stereocenters. The Morgan fingerprint density at radius 2 is 1.91 bits per heavy atom. The van der Waals surface area contributed by atoms with E-state index in [4.69, 9.17) is 16.3 Å². The van der Waals surface area contributed by atoms with Gasteiger partial charge in [0.05, 0.1) is 12.8 Å². The molecule has 0 atom stereocenters. The van der Waals surface area contributed by atoms with Gasteiger partial charge >= 0.3 is 6.36 Å². The number of rotatable bonds is 4. The molecule has 0 saturated carbocycles. The van der Waals surface area contributed by atoms with Gasteiger partial charge in [0, 0.05) is 16.7 Å². The van der Waals surface area contributed by atoms with Gasteiger partial charge in [-0.1, -0.05) is 17.7 Å². The third-order valence-corrected chi connectivity index (χ3v) is 2.98. The molecule has 0 aliphatic carbocycles. The van der Waals surface area contributed by atoms with Crippen LogP contribution < -0.4 is 14.8 Å². The maximum Gasteiger partial charge on any atom is 0.573 e. The summed E-state index contributed by atoms with van der Waals surface area (Å²) in [6, 6.07) is 9.71. The molecule has 122 valence electrons. The number of anilines is 1. The van der Waals surface area contributed by atoms with E-state index in [1.54, 1.807) is 12.1 Å². The van der Waals surface area contributed by atoms with Gasteiger partial charge in [0.1, 0.15) is 5.75 Å². The molecule has 2 rings (SSSR count). The Hall–Kier alpha value is -2.41. The number of nitrogens with one attached hydrogen (secondary N) is 1. The summed E-state index contributed by atoms with van der Waals surface area (Å²) in [4.78, 5) is 12.1. The number of carbonyl (C=O) groups excluding carboxylic acids is 1. The number of alkyl halides is 3. The van der Waals surface area contributed by atoms with E-state index in [-0.39, 0.29) is 16.3 Å². The molecule has 4 nitrogen and oxygen atoms in total. The molecule has 0 aliphatic rings. The number of hydrogen-bond acceptors (Lipinski definition) is 3. The molecule has 1 amide bonds. The SMILES string of the molecule is COc1cccc(C(=O)Nc2ccc(Cl)cc2OC(F)(F)F)c1. The second-order valence-electron chi connectivity index (χ2n) is 4.37. The Morgan fingerprint density at radius 3 is 2.57 bits per heavy atom. The van der Waals surface area contributed by atoms with Crippen LogP contribution in [0.1, 0.15) is 10.4 Å². The van der Waals surface area contributed by atoms with Crippen LogP contribution in [0, 0.1) is 0 Å². The summed E-state index contributed by atoms with van der Waals surface area (Å²) < 4.78 is 46.1. The monoisotopic (exact) mass is 345 g/mol. The van der Waals surface area contributed by atoms with Crippen LogP contribution in [0.2, 0.25) is 5.02 Å². The molecule has 8 heteroatoms. The lowest BCUT2D eigenvalue weighted by Crippen LogP contribution is -2.19. The lowest BCUT2D eigenvalue weighted by atomic mass is 10.2. The molecule has 0 heterocycles. The average molecular weight is 346 g/mol. The van der Waals surface area contributed by atoms with Gasteiger partial charge in [0.2, 0.25) is 0 Å². The van der Waals surface area contributed by atoms with Crippen LogP contribution in [0.3, 0.4) is 0 Å². The third-order valence-electron chi connectivity index (χ3n) is 2.75. The van der Waals surface area contributed by atoms with Crippen molar-refractivity contribution in [1.29, 1.82) is 0 Å². The fourth-order valence-corrected chi connectivity index (χ4v) is 1.93. The van der Waals surface area contributed by atoms with Crippen molar-refractivity contribution in [2.45, 2.75) is 6.36 Å². The number of ether oxygens (including phenoxy) is 2. The van der Waals surface area contributed by atoms with E-state index in [0.717, 1.165) is 6.07 Å². The van der Waals surface area contributed by atoms with E-state index in [1.165, 1.54) is 31.4 Å². The zero-order valence-electron chi connectivity index (χ0n) is 11.8. The van der Waals surface area contributed by atoms with Crippen molar-refractivity contribution in [3.05, 3.63) is 53.1 Å². The number of halogens is 4. The molecular weight excluding hydrogens is 335 g/mol. The minimum absolute atomic E-state index is 0.0450.